The normalized spacial score (nSPS) is 11.6. The Morgan fingerprint density at radius 2 is 1.48 bits per heavy atom. The van der Waals surface area contributed by atoms with Crippen molar-refractivity contribution in [3.8, 4) is 11.8 Å². The van der Waals surface area contributed by atoms with Crippen molar-refractivity contribution >= 4 is 0 Å². The van der Waals surface area contributed by atoms with Crippen LogP contribution in [0.1, 0.15) is 31.9 Å². The Morgan fingerprint density at radius 1 is 0.905 bits per heavy atom. The first kappa shape index (κ1) is 15.1. The Hall–Kier alpha value is -2.26. The molecule has 2 aromatic carbocycles. The van der Waals surface area contributed by atoms with Gasteiger partial charge in [-0.3, -0.25) is 0 Å². The summed E-state index contributed by atoms with van der Waals surface area (Å²) in [4.78, 5) is 0. The smallest absolute Gasteiger partial charge is 0.0248 e. The van der Waals surface area contributed by atoms with Gasteiger partial charge in [-0.1, -0.05) is 79.8 Å². The van der Waals surface area contributed by atoms with Gasteiger partial charge < -0.3 is 0 Å². The number of allylic oxidation sites excluding steroid dienone is 2. The third kappa shape index (κ3) is 4.65. The number of hydrogen-bond donors (Lipinski definition) is 0. The Kier molecular flexibility index (Phi) is 5.41. The molecule has 0 nitrogen and oxygen atoms in total. The van der Waals surface area contributed by atoms with Gasteiger partial charge in [-0.15, -0.1) is 0 Å². The Balaban J connectivity index is 2.26. The van der Waals surface area contributed by atoms with Crippen LogP contribution in [0.25, 0.3) is 0 Å². The second kappa shape index (κ2) is 7.50. The van der Waals surface area contributed by atoms with E-state index in [0.717, 1.165) is 12.0 Å². The van der Waals surface area contributed by atoms with Crippen LogP contribution in [-0.2, 0) is 6.42 Å². The third-order valence-electron chi connectivity index (χ3n) is 3.46. The van der Waals surface area contributed by atoms with Crippen LogP contribution in [0.3, 0.4) is 0 Å². The lowest BCUT2D eigenvalue weighted by Crippen LogP contribution is -1.98. The minimum atomic E-state index is 0.449. The SMILES string of the molecule is C/C(Cc1ccccc1)=C(\C#Cc1ccccc1)C(C)C. The molecule has 106 valence electrons. The Bertz CT molecular complexity index is 649. The first-order chi connectivity index (χ1) is 10.2. The summed E-state index contributed by atoms with van der Waals surface area (Å²) in [6.45, 7) is 6.62. The van der Waals surface area contributed by atoms with Gasteiger partial charge in [-0.25, -0.2) is 0 Å². The summed E-state index contributed by atoms with van der Waals surface area (Å²) in [6, 6.07) is 20.8. The van der Waals surface area contributed by atoms with E-state index in [4.69, 9.17) is 0 Å². The van der Waals surface area contributed by atoms with Gasteiger partial charge in [-0.2, -0.15) is 0 Å². The average molecular weight is 274 g/mol. The van der Waals surface area contributed by atoms with E-state index in [9.17, 15) is 0 Å². The van der Waals surface area contributed by atoms with Crippen molar-refractivity contribution in [3.63, 3.8) is 0 Å². The molecule has 0 saturated carbocycles. The fourth-order valence-corrected chi connectivity index (χ4v) is 2.40. The summed E-state index contributed by atoms with van der Waals surface area (Å²) in [5.41, 5.74) is 5.03. The fraction of sp³-hybridized carbons (Fsp3) is 0.238. The highest BCUT2D eigenvalue weighted by atomic mass is 14.1. The molecule has 21 heavy (non-hydrogen) atoms. The van der Waals surface area contributed by atoms with Gasteiger partial charge in [0.1, 0.15) is 0 Å². The molecule has 0 aliphatic rings. The predicted octanol–water partition coefficient (Wildman–Crippen LogP) is 5.25. The number of benzene rings is 2. The largest absolute Gasteiger partial charge is 0.0659 e. The Labute approximate surface area is 128 Å². The quantitative estimate of drug-likeness (QED) is 0.670. The lowest BCUT2D eigenvalue weighted by Gasteiger charge is -2.10. The zero-order chi connectivity index (χ0) is 15.1. The molecule has 0 aliphatic carbocycles. The molecule has 0 heterocycles. The topological polar surface area (TPSA) is 0 Å². The van der Waals surface area contributed by atoms with Crippen LogP contribution in [0.5, 0.6) is 0 Å². The third-order valence-corrected chi connectivity index (χ3v) is 3.46. The second-order valence-corrected chi connectivity index (χ2v) is 5.63. The maximum Gasteiger partial charge on any atom is 0.0248 e. The van der Waals surface area contributed by atoms with Crippen molar-refractivity contribution in [2.24, 2.45) is 5.92 Å². The van der Waals surface area contributed by atoms with E-state index in [-0.39, 0.29) is 0 Å². The molecular weight excluding hydrogens is 252 g/mol. The van der Waals surface area contributed by atoms with Crippen LogP contribution in [0.4, 0.5) is 0 Å². The molecule has 2 rings (SSSR count). The van der Waals surface area contributed by atoms with Crippen molar-refractivity contribution in [1.29, 1.82) is 0 Å². The number of hydrogen-bond acceptors (Lipinski definition) is 0. The maximum absolute atomic E-state index is 3.39. The minimum absolute atomic E-state index is 0.449. The molecule has 0 aliphatic heterocycles. The number of rotatable bonds is 3. The van der Waals surface area contributed by atoms with E-state index in [0.29, 0.717) is 5.92 Å². The molecule has 0 aromatic heterocycles. The summed E-state index contributed by atoms with van der Waals surface area (Å²) in [5.74, 6) is 7.12. The summed E-state index contributed by atoms with van der Waals surface area (Å²) in [5, 5.41) is 0. The van der Waals surface area contributed by atoms with Crippen LogP contribution >= 0.6 is 0 Å². The fourth-order valence-electron chi connectivity index (χ4n) is 2.40. The molecule has 0 fully saturated rings. The molecule has 0 unspecified atom stereocenters. The molecule has 0 saturated heterocycles. The zero-order valence-corrected chi connectivity index (χ0v) is 13.1. The standard InChI is InChI=1S/C21H22/c1-17(2)21(15-14-19-10-6-4-7-11-19)18(3)16-20-12-8-5-9-13-20/h4-13,17H,16H2,1-3H3/b21-18-. The van der Waals surface area contributed by atoms with Crippen LogP contribution in [0.2, 0.25) is 0 Å². The predicted molar refractivity (Wildman–Crippen MR) is 91.0 cm³/mol. The van der Waals surface area contributed by atoms with Crippen molar-refractivity contribution in [3.05, 3.63) is 82.9 Å². The van der Waals surface area contributed by atoms with Crippen molar-refractivity contribution in [2.75, 3.05) is 0 Å². The highest BCUT2D eigenvalue weighted by molar-refractivity contribution is 5.43. The highest BCUT2D eigenvalue weighted by Crippen LogP contribution is 2.18. The molecule has 0 amide bonds. The molecular formula is C21H22. The van der Waals surface area contributed by atoms with Crippen LogP contribution < -0.4 is 0 Å². The van der Waals surface area contributed by atoms with Gasteiger partial charge in [-0.05, 0) is 37.0 Å². The van der Waals surface area contributed by atoms with Crippen molar-refractivity contribution in [2.45, 2.75) is 27.2 Å². The monoisotopic (exact) mass is 274 g/mol. The molecule has 0 bridgehead atoms. The van der Waals surface area contributed by atoms with E-state index in [1.54, 1.807) is 0 Å². The summed E-state index contributed by atoms with van der Waals surface area (Å²) in [7, 11) is 0. The summed E-state index contributed by atoms with van der Waals surface area (Å²) >= 11 is 0. The lowest BCUT2D eigenvalue weighted by atomic mass is 9.94. The second-order valence-electron chi connectivity index (χ2n) is 5.63. The van der Waals surface area contributed by atoms with Crippen LogP contribution in [0, 0.1) is 17.8 Å². The van der Waals surface area contributed by atoms with E-state index >= 15 is 0 Å². The van der Waals surface area contributed by atoms with Gasteiger partial charge in [0.2, 0.25) is 0 Å². The van der Waals surface area contributed by atoms with Gasteiger partial charge in [0.15, 0.2) is 0 Å². The van der Waals surface area contributed by atoms with Crippen molar-refractivity contribution < 1.29 is 0 Å². The van der Waals surface area contributed by atoms with Gasteiger partial charge >= 0.3 is 0 Å². The first-order valence-electron chi connectivity index (χ1n) is 7.47. The summed E-state index contributed by atoms with van der Waals surface area (Å²) < 4.78 is 0. The van der Waals surface area contributed by atoms with Gasteiger partial charge in [0.05, 0.1) is 0 Å². The summed E-state index contributed by atoms with van der Waals surface area (Å²) in [6.07, 6.45) is 0.970. The van der Waals surface area contributed by atoms with Gasteiger partial charge in [0.25, 0.3) is 0 Å². The van der Waals surface area contributed by atoms with Crippen LogP contribution in [-0.4, -0.2) is 0 Å². The molecule has 0 atom stereocenters. The van der Waals surface area contributed by atoms with E-state index in [1.807, 2.05) is 18.2 Å². The highest BCUT2D eigenvalue weighted by Gasteiger charge is 2.05. The van der Waals surface area contributed by atoms with Crippen molar-refractivity contribution in [1.82, 2.24) is 0 Å². The first-order valence-corrected chi connectivity index (χ1v) is 7.47. The average Bonchev–Trinajstić information content (AvgIpc) is 2.49. The molecule has 0 radical (unpaired) electrons. The maximum atomic E-state index is 3.39. The molecule has 0 heteroatoms. The zero-order valence-electron chi connectivity index (χ0n) is 13.1. The molecule has 0 N–H and O–H groups in total. The van der Waals surface area contributed by atoms with E-state index < -0.39 is 0 Å². The van der Waals surface area contributed by atoms with E-state index in [2.05, 4.69) is 75.1 Å². The van der Waals surface area contributed by atoms with E-state index in [1.165, 1.54) is 16.7 Å². The van der Waals surface area contributed by atoms with Gasteiger partial charge in [0, 0.05) is 11.1 Å². The minimum Gasteiger partial charge on any atom is -0.0659 e. The Morgan fingerprint density at radius 3 is 2.05 bits per heavy atom. The lowest BCUT2D eigenvalue weighted by molar-refractivity contribution is 0.780. The van der Waals surface area contributed by atoms with Crippen LogP contribution in [0.15, 0.2) is 71.8 Å². The molecule has 2 aromatic rings. The molecule has 0 spiro atoms.